The van der Waals surface area contributed by atoms with Crippen molar-refractivity contribution in [3.05, 3.63) is 0 Å². The number of carbonyl (C=O) groups is 1. The summed E-state index contributed by atoms with van der Waals surface area (Å²) in [6.07, 6.45) is 8.35. The molecule has 0 radical (unpaired) electrons. The molecule has 0 aliphatic carbocycles. The Morgan fingerprint density at radius 3 is 1.96 bits per heavy atom. The minimum absolute atomic E-state index is 0.0981. The zero-order chi connectivity index (χ0) is 20.6. The molecule has 1 aliphatic rings. The van der Waals surface area contributed by atoms with E-state index in [1.54, 1.807) is 11.8 Å². The summed E-state index contributed by atoms with van der Waals surface area (Å²) in [4.78, 5) is 12.2. The lowest BCUT2D eigenvalue weighted by atomic mass is 10.1. The molecule has 1 unspecified atom stereocenters. The van der Waals surface area contributed by atoms with Crippen LogP contribution in [0.15, 0.2) is 0 Å². The van der Waals surface area contributed by atoms with E-state index in [9.17, 15) is 4.79 Å². The van der Waals surface area contributed by atoms with Crippen LogP contribution < -0.4 is 0 Å². The second kappa shape index (κ2) is 16.5. The van der Waals surface area contributed by atoms with Crippen molar-refractivity contribution < 1.29 is 23.7 Å². The van der Waals surface area contributed by atoms with Gasteiger partial charge in [0, 0.05) is 26.2 Å². The van der Waals surface area contributed by atoms with Gasteiger partial charge in [-0.1, -0.05) is 53.4 Å². The van der Waals surface area contributed by atoms with Crippen molar-refractivity contribution in [3.63, 3.8) is 0 Å². The SMILES string of the molecule is CCCCOC[C@H]1SC(OC(=O)CCCC)[C@H](OCCCC)[C@H]1OCCCC. The molecule has 1 rings (SSSR count). The Morgan fingerprint density at radius 2 is 1.36 bits per heavy atom. The fourth-order valence-corrected chi connectivity index (χ4v) is 4.44. The van der Waals surface area contributed by atoms with E-state index in [1.807, 2.05) is 0 Å². The highest BCUT2D eigenvalue weighted by Gasteiger charge is 2.47. The Balaban J connectivity index is 2.76. The molecular formula is C22H42O5S. The summed E-state index contributed by atoms with van der Waals surface area (Å²) in [5, 5.41) is 0.129. The average molecular weight is 419 g/mol. The second-order valence-electron chi connectivity index (χ2n) is 7.44. The first-order chi connectivity index (χ1) is 13.7. The summed E-state index contributed by atoms with van der Waals surface area (Å²) in [5.41, 5.74) is -0.312. The molecule has 0 aromatic carbocycles. The predicted octanol–water partition coefficient (Wildman–Crippen LogP) is 5.35. The highest BCUT2D eigenvalue weighted by atomic mass is 32.2. The predicted molar refractivity (Wildman–Crippen MR) is 116 cm³/mol. The maximum atomic E-state index is 12.2. The van der Waals surface area contributed by atoms with Crippen molar-refractivity contribution in [2.45, 2.75) is 108 Å². The molecule has 28 heavy (non-hydrogen) atoms. The Labute approximate surface area is 176 Å². The van der Waals surface area contributed by atoms with E-state index in [4.69, 9.17) is 18.9 Å². The number of hydrogen-bond donors (Lipinski definition) is 0. The normalized spacial score (nSPS) is 24.6. The summed E-state index contributed by atoms with van der Waals surface area (Å²) >= 11 is 1.64. The van der Waals surface area contributed by atoms with E-state index in [1.165, 1.54) is 0 Å². The van der Waals surface area contributed by atoms with E-state index >= 15 is 0 Å². The molecule has 1 heterocycles. The molecule has 0 N–H and O–H groups in total. The van der Waals surface area contributed by atoms with Crippen LogP contribution in [-0.2, 0) is 23.7 Å². The molecule has 1 aliphatic heterocycles. The van der Waals surface area contributed by atoms with Gasteiger partial charge < -0.3 is 18.9 Å². The van der Waals surface area contributed by atoms with Gasteiger partial charge in [-0.2, -0.15) is 0 Å². The average Bonchev–Trinajstić information content (AvgIpc) is 3.00. The smallest absolute Gasteiger partial charge is 0.306 e. The number of thioether (sulfide) groups is 1. The summed E-state index contributed by atoms with van der Waals surface area (Å²) in [6.45, 7) is 11.3. The topological polar surface area (TPSA) is 54.0 Å². The van der Waals surface area contributed by atoms with Crippen LogP contribution in [0.2, 0.25) is 0 Å². The number of rotatable bonds is 17. The lowest BCUT2D eigenvalue weighted by Crippen LogP contribution is -2.40. The highest BCUT2D eigenvalue weighted by Crippen LogP contribution is 2.39. The van der Waals surface area contributed by atoms with Gasteiger partial charge in [-0.05, 0) is 25.7 Å². The molecule has 5 nitrogen and oxygen atoms in total. The van der Waals surface area contributed by atoms with Crippen LogP contribution in [0, 0.1) is 0 Å². The Bertz CT molecular complexity index is 393. The minimum atomic E-state index is -0.312. The van der Waals surface area contributed by atoms with Gasteiger partial charge in [0.15, 0.2) is 5.44 Å². The van der Waals surface area contributed by atoms with E-state index in [0.29, 0.717) is 26.2 Å². The molecule has 0 amide bonds. The van der Waals surface area contributed by atoms with Gasteiger partial charge in [0.05, 0.1) is 11.9 Å². The Hall–Kier alpha value is -0.300. The van der Waals surface area contributed by atoms with Gasteiger partial charge in [0.2, 0.25) is 0 Å². The van der Waals surface area contributed by atoms with Crippen molar-refractivity contribution in [3.8, 4) is 0 Å². The number of hydrogen-bond acceptors (Lipinski definition) is 6. The fraction of sp³-hybridized carbons (Fsp3) is 0.955. The van der Waals surface area contributed by atoms with Crippen LogP contribution in [0.25, 0.3) is 0 Å². The van der Waals surface area contributed by atoms with Gasteiger partial charge in [-0.25, -0.2) is 0 Å². The first kappa shape index (κ1) is 25.7. The first-order valence-electron chi connectivity index (χ1n) is 11.3. The standard InChI is InChI=1S/C22H42O5S/c1-5-9-13-19(23)27-22-21(26-16-12-8-4)20(25-15-11-7-3)18(28-22)17-24-14-10-6-2/h18,20-22H,5-17H2,1-4H3/t18-,20+,21-,22?/m1/s1. The largest absolute Gasteiger partial charge is 0.448 e. The molecule has 166 valence electrons. The van der Waals surface area contributed by atoms with Crippen LogP contribution in [0.1, 0.15) is 85.5 Å². The maximum Gasteiger partial charge on any atom is 0.306 e. The number of unbranched alkanes of at least 4 members (excludes halogenated alkanes) is 4. The van der Waals surface area contributed by atoms with E-state index in [-0.39, 0.29) is 28.9 Å². The molecule has 4 atom stereocenters. The van der Waals surface area contributed by atoms with Crippen molar-refractivity contribution in [2.75, 3.05) is 26.4 Å². The van der Waals surface area contributed by atoms with Gasteiger partial charge in [0.25, 0.3) is 0 Å². The molecule has 1 saturated heterocycles. The molecule has 0 aromatic heterocycles. The molecular weight excluding hydrogens is 376 g/mol. The van der Waals surface area contributed by atoms with E-state index < -0.39 is 0 Å². The molecule has 1 fully saturated rings. The van der Waals surface area contributed by atoms with Crippen LogP contribution in [-0.4, -0.2) is 55.3 Å². The van der Waals surface area contributed by atoms with E-state index in [0.717, 1.165) is 58.0 Å². The van der Waals surface area contributed by atoms with Crippen LogP contribution in [0.3, 0.4) is 0 Å². The van der Waals surface area contributed by atoms with Crippen LogP contribution in [0.5, 0.6) is 0 Å². The quantitative estimate of drug-likeness (QED) is 0.234. The fourth-order valence-electron chi connectivity index (χ4n) is 2.98. The monoisotopic (exact) mass is 418 g/mol. The van der Waals surface area contributed by atoms with E-state index in [2.05, 4.69) is 27.7 Å². The van der Waals surface area contributed by atoms with Crippen LogP contribution in [0.4, 0.5) is 0 Å². The third-order valence-corrected chi connectivity index (χ3v) is 6.18. The van der Waals surface area contributed by atoms with Crippen molar-refractivity contribution in [1.82, 2.24) is 0 Å². The molecule has 6 heteroatoms. The second-order valence-corrected chi connectivity index (χ2v) is 8.79. The zero-order valence-electron chi connectivity index (χ0n) is 18.5. The van der Waals surface area contributed by atoms with Crippen molar-refractivity contribution in [2.24, 2.45) is 0 Å². The van der Waals surface area contributed by atoms with Gasteiger partial charge in [0.1, 0.15) is 12.2 Å². The third-order valence-electron chi connectivity index (χ3n) is 4.79. The van der Waals surface area contributed by atoms with Crippen molar-refractivity contribution in [1.29, 1.82) is 0 Å². The number of esters is 1. The molecule has 0 spiro atoms. The summed E-state index contributed by atoms with van der Waals surface area (Å²) in [5.74, 6) is -0.136. The number of ether oxygens (including phenoxy) is 4. The van der Waals surface area contributed by atoms with Crippen molar-refractivity contribution >= 4 is 17.7 Å². The van der Waals surface area contributed by atoms with Crippen LogP contribution >= 0.6 is 11.8 Å². The lowest BCUT2D eigenvalue weighted by Gasteiger charge is -2.26. The third kappa shape index (κ3) is 9.95. The summed E-state index contributed by atoms with van der Waals surface area (Å²) in [7, 11) is 0. The van der Waals surface area contributed by atoms with Gasteiger partial charge >= 0.3 is 5.97 Å². The Kier molecular flexibility index (Phi) is 15.2. The lowest BCUT2D eigenvalue weighted by molar-refractivity contribution is -0.156. The summed E-state index contributed by atoms with van der Waals surface area (Å²) < 4.78 is 24.1. The number of carbonyl (C=O) groups excluding carboxylic acids is 1. The maximum absolute atomic E-state index is 12.2. The first-order valence-corrected chi connectivity index (χ1v) is 12.3. The summed E-state index contributed by atoms with van der Waals surface area (Å²) in [6, 6.07) is 0. The molecule has 0 saturated carbocycles. The highest BCUT2D eigenvalue weighted by molar-refractivity contribution is 8.00. The Morgan fingerprint density at radius 1 is 0.786 bits per heavy atom. The van der Waals surface area contributed by atoms with Gasteiger partial charge in [-0.15, -0.1) is 11.8 Å². The molecule has 0 aromatic rings. The molecule has 0 bridgehead atoms. The zero-order valence-corrected chi connectivity index (χ0v) is 19.3. The minimum Gasteiger partial charge on any atom is -0.448 e. The van der Waals surface area contributed by atoms with Gasteiger partial charge in [-0.3, -0.25) is 4.79 Å².